The van der Waals surface area contributed by atoms with E-state index in [1.165, 1.54) is 0 Å². The third kappa shape index (κ3) is 5.52. The van der Waals surface area contributed by atoms with Crippen molar-refractivity contribution in [1.82, 2.24) is 5.32 Å². The fourth-order valence-electron chi connectivity index (χ4n) is 1.51. The molecule has 0 spiro atoms. The zero-order valence-corrected chi connectivity index (χ0v) is 11.5. The van der Waals surface area contributed by atoms with Crippen molar-refractivity contribution in [2.45, 2.75) is 19.9 Å². The van der Waals surface area contributed by atoms with Gasteiger partial charge in [-0.15, -0.1) is 0 Å². The molecule has 0 radical (unpaired) electrons. The van der Waals surface area contributed by atoms with Crippen molar-refractivity contribution in [3.8, 4) is 0 Å². The predicted octanol–water partition coefficient (Wildman–Crippen LogP) is 2.25. The van der Waals surface area contributed by atoms with Crippen LogP contribution in [0.4, 0.5) is 0 Å². The third-order valence-corrected chi connectivity index (χ3v) is 4.60. The Kier molecular flexibility index (Phi) is 5.95. The van der Waals surface area contributed by atoms with E-state index in [2.05, 4.69) is 5.32 Å². The summed E-state index contributed by atoms with van der Waals surface area (Å²) in [5.74, 6) is 0.450. The zero-order valence-electron chi connectivity index (χ0n) is 9.95. The minimum Gasteiger partial charge on any atom is -0.312 e. The predicted molar refractivity (Wildman–Crippen MR) is 72.1 cm³/mol. The molecule has 0 aliphatic carbocycles. The van der Waals surface area contributed by atoms with Gasteiger partial charge in [0.15, 0.2) is 9.84 Å². The van der Waals surface area contributed by atoms with E-state index in [-0.39, 0.29) is 11.5 Å². The van der Waals surface area contributed by atoms with E-state index < -0.39 is 9.84 Å². The Bertz CT molecular complexity index is 446. The summed E-state index contributed by atoms with van der Waals surface area (Å²) in [6, 6.07) is 7.54. The van der Waals surface area contributed by atoms with Crippen LogP contribution in [0.15, 0.2) is 24.3 Å². The molecular weight excluding hydrogens is 258 g/mol. The summed E-state index contributed by atoms with van der Waals surface area (Å²) < 4.78 is 22.9. The molecule has 0 amide bonds. The molecule has 3 nitrogen and oxygen atoms in total. The number of halogens is 1. The van der Waals surface area contributed by atoms with E-state index in [4.69, 9.17) is 11.6 Å². The molecule has 0 unspecified atom stereocenters. The molecule has 96 valence electrons. The Morgan fingerprint density at radius 3 is 2.59 bits per heavy atom. The van der Waals surface area contributed by atoms with E-state index in [1.54, 1.807) is 0 Å². The molecule has 1 aromatic carbocycles. The number of hydrogen-bond donors (Lipinski definition) is 1. The Balaban J connectivity index is 2.32. The third-order valence-electron chi connectivity index (χ3n) is 2.38. The van der Waals surface area contributed by atoms with Crippen LogP contribution in [-0.4, -0.2) is 26.5 Å². The summed E-state index contributed by atoms with van der Waals surface area (Å²) >= 11 is 5.98. The quantitative estimate of drug-likeness (QED) is 0.777. The maximum Gasteiger partial charge on any atom is 0.151 e. The standard InChI is InChI=1S/C12H18ClNO2S/c1-2-8-17(15,16)9-7-14-10-11-5-3-4-6-12(11)13/h3-6,14H,2,7-10H2,1H3. The molecule has 0 saturated carbocycles. The average Bonchev–Trinajstić information content (AvgIpc) is 2.26. The van der Waals surface area contributed by atoms with Gasteiger partial charge in [-0.1, -0.05) is 36.7 Å². The van der Waals surface area contributed by atoms with Crippen molar-refractivity contribution in [2.75, 3.05) is 18.1 Å². The monoisotopic (exact) mass is 275 g/mol. The molecule has 17 heavy (non-hydrogen) atoms. The topological polar surface area (TPSA) is 46.2 Å². The van der Waals surface area contributed by atoms with Gasteiger partial charge >= 0.3 is 0 Å². The van der Waals surface area contributed by atoms with Crippen LogP contribution in [0.5, 0.6) is 0 Å². The SMILES string of the molecule is CCCS(=O)(=O)CCNCc1ccccc1Cl. The van der Waals surface area contributed by atoms with Gasteiger partial charge in [0.2, 0.25) is 0 Å². The van der Waals surface area contributed by atoms with Gasteiger partial charge in [0.1, 0.15) is 0 Å². The summed E-state index contributed by atoms with van der Waals surface area (Å²) in [5.41, 5.74) is 0.988. The molecule has 0 fully saturated rings. The van der Waals surface area contributed by atoms with Crippen molar-refractivity contribution in [3.63, 3.8) is 0 Å². The van der Waals surface area contributed by atoms with Crippen molar-refractivity contribution in [2.24, 2.45) is 0 Å². The molecule has 0 atom stereocenters. The average molecular weight is 276 g/mol. The highest BCUT2D eigenvalue weighted by atomic mass is 35.5. The second-order valence-corrected chi connectivity index (χ2v) is 6.63. The highest BCUT2D eigenvalue weighted by Crippen LogP contribution is 2.14. The zero-order chi connectivity index (χ0) is 12.7. The van der Waals surface area contributed by atoms with Gasteiger partial charge in [-0.25, -0.2) is 8.42 Å². The lowest BCUT2D eigenvalue weighted by atomic mass is 10.2. The Morgan fingerprint density at radius 1 is 1.24 bits per heavy atom. The number of nitrogens with one attached hydrogen (secondary N) is 1. The molecule has 0 aliphatic heterocycles. The van der Waals surface area contributed by atoms with Crippen LogP contribution in [0, 0.1) is 0 Å². The van der Waals surface area contributed by atoms with Crippen LogP contribution in [0.3, 0.4) is 0 Å². The number of sulfone groups is 1. The van der Waals surface area contributed by atoms with E-state index in [1.807, 2.05) is 31.2 Å². The molecule has 0 aliphatic rings. The summed E-state index contributed by atoms with van der Waals surface area (Å²) in [4.78, 5) is 0. The van der Waals surface area contributed by atoms with Crippen molar-refractivity contribution in [3.05, 3.63) is 34.9 Å². The number of benzene rings is 1. The van der Waals surface area contributed by atoms with Gasteiger partial charge < -0.3 is 5.32 Å². The van der Waals surface area contributed by atoms with Gasteiger partial charge in [-0.3, -0.25) is 0 Å². The molecule has 5 heteroatoms. The first-order valence-corrected chi connectivity index (χ1v) is 7.89. The summed E-state index contributed by atoms with van der Waals surface area (Å²) in [6.45, 7) is 2.93. The van der Waals surface area contributed by atoms with Crippen molar-refractivity contribution >= 4 is 21.4 Å². The molecule has 1 rings (SSSR count). The first-order valence-electron chi connectivity index (χ1n) is 5.69. The van der Waals surface area contributed by atoms with E-state index >= 15 is 0 Å². The van der Waals surface area contributed by atoms with Crippen LogP contribution < -0.4 is 5.32 Å². The fourth-order valence-corrected chi connectivity index (χ4v) is 2.99. The largest absolute Gasteiger partial charge is 0.312 e. The minimum absolute atomic E-state index is 0.186. The Hall–Kier alpha value is -0.580. The summed E-state index contributed by atoms with van der Waals surface area (Å²) in [5, 5.41) is 3.80. The maximum absolute atomic E-state index is 11.4. The smallest absolute Gasteiger partial charge is 0.151 e. The van der Waals surface area contributed by atoms with Crippen LogP contribution in [0.1, 0.15) is 18.9 Å². The molecule has 1 aromatic rings. The highest BCUT2D eigenvalue weighted by molar-refractivity contribution is 7.91. The first-order chi connectivity index (χ1) is 8.05. The van der Waals surface area contributed by atoms with Gasteiger partial charge in [0.05, 0.1) is 5.75 Å². The second-order valence-electron chi connectivity index (χ2n) is 3.92. The second kappa shape index (κ2) is 6.99. The van der Waals surface area contributed by atoms with Gasteiger partial charge in [-0.05, 0) is 18.1 Å². The van der Waals surface area contributed by atoms with Crippen LogP contribution in [0.2, 0.25) is 5.02 Å². The summed E-state index contributed by atoms with van der Waals surface area (Å²) in [7, 11) is -2.89. The molecule has 0 saturated heterocycles. The highest BCUT2D eigenvalue weighted by Gasteiger charge is 2.08. The minimum atomic E-state index is -2.89. The molecule has 0 heterocycles. The Morgan fingerprint density at radius 2 is 1.94 bits per heavy atom. The molecule has 0 bridgehead atoms. The molecule has 1 N–H and O–H groups in total. The van der Waals surface area contributed by atoms with Gasteiger partial charge in [0, 0.05) is 23.9 Å². The lowest BCUT2D eigenvalue weighted by Gasteiger charge is -2.06. The summed E-state index contributed by atoms with van der Waals surface area (Å²) in [6.07, 6.45) is 0.673. The van der Waals surface area contributed by atoms with Gasteiger partial charge in [0.25, 0.3) is 0 Å². The van der Waals surface area contributed by atoms with E-state index in [0.717, 1.165) is 5.56 Å². The fraction of sp³-hybridized carbons (Fsp3) is 0.500. The molecule has 0 aromatic heterocycles. The number of rotatable bonds is 7. The lowest BCUT2D eigenvalue weighted by molar-refractivity contribution is 0.589. The van der Waals surface area contributed by atoms with E-state index in [9.17, 15) is 8.42 Å². The van der Waals surface area contributed by atoms with Crippen LogP contribution in [0.25, 0.3) is 0 Å². The Labute approximate surface area is 108 Å². The van der Waals surface area contributed by atoms with Crippen LogP contribution in [-0.2, 0) is 16.4 Å². The first kappa shape index (κ1) is 14.5. The number of hydrogen-bond acceptors (Lipinski definition) is 3. The van der Waals surface area contributed by atoms with Crippen molar-refractivity contribution in [1.29, 1.82) is 0 Å². The van der Waals surface area contributed by atoms with Crippen molar-refractivity contribution < 1.29 is 8.42 Å². The van der Waals surface area contributed by atoms with Crippen LogP contribution >= 0.6 is 11.6 Å². The molecular formula is C12H18ClNO2S. The lowest BCUT2D eigenvalue weighted by Crippen LogP contribution is -2.24. The normalized spacial score (nSPS) is 11.6. The van der Waals surface area contributed by atoms with Gasteiger partial charge in [-0.2, -0.15) is 0 Å². The maximum atomic E-state index is 11.4. The van der Waals surface area contributed by atoms with E-state index in [0.29, 0.717) is 24.5 Å².